The van der Waals surface area contributed by atoms with Gasteiger partial charge in [0.15, 0.2) is 5.69 Å². The molecule has 0 fully saturated rings. The minimum Gasteiger partial charge on any atom is -0.369 e. The first-order valence-electron chi connectivity index (χ1n) is 7.80. The number of nitrogens with one attached hydrogen (secondary N) is 2. The summed E-state index contributed by atoms with van der Waals surface area (Å²) < 4.78 is 13.5. The second kappa shape index (κ2) is 8.82. The van der Waals surface area contributed by atoms with E-state index in [2.05, 4.69) is 27.8 Å². The molecule has 0 spiro atoms. The summed E-state index contributed by atoms with van der Waals surface area (Å²) in [5.41, 5.74) is 0.828. The minimum absolute atomic E-state index is 0.250. The van der Waals surface area contributed by atoms with Gasteiger partial charge in [-0.2, -0.15) is 0 Å². The zero-order valence-corrected chi connectivity index (χ0v) is 13.2. The Morgan fingerprint density at radius 1 is 1.13 bits per heavy atom. The molecule has 23 heavy (non-hydrogen) atoms. The van der Waals surface area contributed by atoms with E-state index >= 15 is 0 Å². The smallest absolute Gasteiger partial charge is 0.271 e. The zero-order chi connectivity index (χ0) is 16.5. The fraction of sp³-hybridized carbons (Fsp3) is 0.353. The Bertz CT molecular complexity index is 631. The lowest BCUT2D eigenvalue weighted by atomic mass is 10.1. The van der Waals surface area contributed by atoms with Crippen molar-refractivity contribution in [2.45, 2.75) is 26.2 Å². The van der Waals surface area contributed by atoms with Gasteiger partial charge >= 0.3 is 0 Å². The van der Waals surface area contributed by atoms with E-state index in [1.807, 2.05) is 0 Å². The van der Waals surface area contributed by atoms with Crippen LogP contribution in [0.5, 0.6) is 0 Å². The predicted octanol–water partition coefficient (Wildman–Crippen LogP) is 2.80. The topological polar surface area (TPSA) is 66.9 Å². The van der Waals surface area contributed by atoms with Crippen molar-refractivity contribution in [3.05, 3.63) is 53.5 Å². The molecule has 5 nitrogen and oxygen atoms in total. The number of nitrogens with zero attached hydrogens (tertiary/aromatic N) is 2. The lowest BCUT2D eigenvalue weighted by molar-refractivity contribution is 0.0948. The standard InChI is InChI=1S/C17H21FN4O/c1-2-3-11-19-16-9-8-15(21-22-16)17(23)20-12-10-13-6-4-5-7-14(13)18/h4-9H,2-3,10-12H2,1H3,(H,19,22)(H,20,23). The maximum Gasteiger partial charge on any atom is 0.271 e. The molecule has 0 radical (unpaired) electrons. The fourth-order valence-corrected chi connectivity index (χ4v) is 2.04. The van der Waals surface area contributed by atoms with Crippen LogP contribution in [-0.4, -0.2) is 29.2 Å². The van der Waals surface area contributed by atoms with Gasteiger partial charge in [-0.1, -0.05) is 31.5 Å². The normalized spacial score (nSPS) is 10.3. The number of hydrogen-bond donors (Lipinski definition) is 2. The Kier molecular flexibility index (Phi) is 6.47. The van der Waals surface area contributed by atoms with Crippen LogP contribution < -0.4 is 10.6 Å². The van der Waals surface area contributed by atoms with Crippen LogP contribution in [0, 0.1) is 5.82 Å². The van der Waals surface area contributed by atoms with Gasteiger partial charge < -0.3 is 10.6 Å². The van der Waals surface area contributed by atoms with Crippen LogP contribution in [-0.2, 0) is 6.42 Å². The maximum absolute atomic E-state index is 13.5. The molecular formula is C17H21FN4O. The lowest BCUT2D eigenvalue weighted by Crippen LogP contribution is -2.27. The summed E-state index contributed by atoms with van der Waals surface area (Å²) in [5.74, 6) is 0.0827. The Balaban J connectivity index is 1.80. The number of unbranched alkanes of at least 4 members (excludes halogenated alkanes) is 1. The Morgan fingerprint density at radius 3 is 2.65 bits per heavy atom. The van der Waals surface area contributed by atoms with Crippen LogP contribution in [0.2, 0.25) is 0 Å². The Labute approximate surface area is 135 Å². The molecule has 0 saturated carbocycles. The molecule has 0 aliphatic rings. The summed E-state index contributed by atoms with van der Waals surface area (Å²) >= 11 is 0. The molecule has 1 amide bonds. The summed E-state index contributed by atoms with van der Waals surface area (Å²) in [6.07, 6.45) is 2.59. The molecular weight excluding hydrogens is 295 g/mol. The predicted molar refractivity (Wildman–Crippen MR) is 87.9 cm³/mol. The lowest BCUT2D eigenvalue weighted by Gasteiger charge is -2.06. The first kappa shape index (κ1) is 16.9. The molecule has 0 saturated heterocycles. The van der Waals surface area contributed by atoms with Gasteiger partial charge in [0.1, 0.15) is 11.6 Å². The van der Waals surface area contributed by atoms with E-state index < -0.39 is 0 Å². The average molecular weight is 316 g/mol. The summed E-state index contributed by atoms with van der Waals surface area (Å²) in [4.78, 5) is 12.0. The number of aromatic nitrogens is 2. The number of anilines is 1. The number of benzene rings is 1. The first-order valence-corrected chi connectivity index (χ1v) is 7.80. The number of hydrogen-bond acceptors (Lipinski definition) is 4. The molecule has 1 aromatic carbocycles. The van der Waals surface area contributed by atoms with E-state index in [1.165, 1.54) is 6.07 Å². The monoisotopic (exact) mass is 316 g/mol. The Hall–Kier alpha value is -2.50. The molecule has 2 rings (SSSR count). The van der Waals surface area contributed by atoms with Gasteiger partial charge in [-0.05, 0) is 36.6 Å². The van der Waals surface area contributed by atoms with Gasteiger partial charge in [-0.3, -0.25) is 4.79 Å². The van der Waals surface area contributed by atoms with Gasteiger partial charge in [0.25, 0.3) is 5.91 Å². The van der Waals surface area contributed by atoms with E-state index in [0.29, 0.717) is 24.3 Å². The van der Waals surface area contributed by atoms with Crippen LogP contribution in [0.1, 0.15) is 35.8 Å². The van der Waals surface area contributed by atoms with Crippen molar-refractivity contribution in [2.24, 2.45) is 0 Å². The van der Waals surface area contributed by atoms with Gasteiger partial charge in [0.05, 0.1) is 0 Å². The third-order valence-electron chi connectivity index (χ3n) is 3.37. The second-order valence-electron chi connectivity index (χ2n) is 5.18. The quantitative estimate of drug-likeness (QED) is 0.735. The largest absolute Gasteiger partial charge is 0.369 e. The third kappa shape index (κ3) is 5.32. The van der Waals surface area contributed by atoms with Crippen LogP contribution in [0.3, 0.4) is 0 Å². The number of carbonyl (C=O) groups excluding carboxylic acids is 1. The molecule has 0 atom stereocenters. The summed E-state index contributed by atoms with van der Waals surface area (Å²) in [6, 6.07) is 9.89. The molecule has 2 N–H and O–H groups in total. The minimum atomic E-state index is -0.311. The van der Waals surface area contributed by atoms with Crippen LogP contribution in [0.15, 0.2) is 36.4 Å². The van der Waals surface area contributed by atoms with Gasteiger partial charge in [0, 0.05) is 13.1 Å². The molecule has 6 heteroatoms. The van der Waals surface area contributed by atoms with Crippen LogP contribution in [0.4, 0.5) is 10.2 Å². The van der Waals surface area contributed by atoms with Crippen molar-refractivity contribution < 1.29 is 9.18 Å². The van der Waals surface area contributed by atoms with E-state index in [4.69, 9.17) is 0 Å². The highest BCUT2D eigenvalue weighted by Gasteiger charge is 2.08. The number of amides is 1. The third-order valence-corrected chi connectivity index (χ3v) is 3.37. The number of carbonyl (C=O) groups is 1. The molecule has 0 aliphatic carbocycles. The van der Waals surface area contributed by atoms with Crippen LogP contribution in [0.25, 0.3) is 0 Å². The molecule has 0 unspecified atom stereocenters. The molecule has 0 aliphatic heterocycles. The highest BCUT2D eigenvalue weighted by Crippen LogP contribution is 2.06. The van der Waals surface area contributed by atoms with Crippen molar-refractivity contribution >= 4 is 11.7 Å². The van der Waals surface area contributed by atoms with E-state index in [-0.39, 0.29) is 17.4 Å². The Morgan fingerprint density at radius 2 is 1.96 bits per heavy atom. The SMILES string of the molecule is CCCCNc1ccc(C(=O)NCCc2ccccc2F)nn1. The summed E-state index contributed by atoms with van der Waals surface area (Å²) in [7, 11) is 0. The summed E-state index contributed by atoms with van der Waals surface area (Å²) in [6.45, 7) is 3.29. The van der Waals surface area contributed by atoms with Crippen molar-refractivity contribution in [3.8, 4) is 0 Å². The highest BCUT2D eigenvalue weighted by atomic mass is 19.1. The van der Waals surface area contributed by atoms with Crippen LogP contribution >= 0.6 is 0 Å². The fourth-order valence-electron chi connectivity index (χ4n) is 2.04. The van der Waals surface area contributed by atoms with Gasteiger partial charge in [-0.25, -0.2) is 4.39 Å². The zero-order valence-electron chi connectivity index (χ0n) is 13.2. The first-order chi connectivity index (χ1) is 11.2. The molecule has 2 aromatic rings. The molecule has 1 aromatic heterocycles. The van der Waals surface area contributed by atoms with Crippen molar-refractivity contribution in [2.75, 3.05) is 18.4 Å². The number of halogens is 1. The maximum atomic E-state index is 13.5. The average Bonchev–Trinajstić information content (AvgIpc) is 2.57. The molecule has 0 bridgehead atoms. The highest BCUT2D eigenvalue weighted by molar-refractivity contribution is 5.92. The van der Waals surface area contributed by atoms with E-state index in [9.17, 15) is 9.18 Å². The van der Waals surface area contributed by atoms with Gasteiger partial charge in [-0.15, -0.1) is 10.2 Å². The van der Waals surface area contributed by atoms with Crippen molar-refractivity contribution in [3.63, 3.8) is 0 Å². The molecule has 1 heterocycles. The second-order valence-corrected chi connectivity index (χ2v) is 5.18. The molecule has 122 valence electrons. The van der Waals surface area contributed by atoms with Crippen molar-refractivity contribution in [1.29, 1.82) is 0 Å². The van der Waals surface area contributed by atoms with E-state index in [0.717, 1.165) is 19.4 Å². The van der Waals surface area contributed by atoms with E-state index in [1.54, 1.807) is 30.3 Å². The number of rotatable bonds is 8. The van der Waals surface area contributed by atoms with Crippen molar-refractivity contribution in [1.82, 2.24) is 15.5 Å². The van der Waals surface area contributed by atoms with Gasteiger partial charge in [0.2, 0.25) is 0 Å². The summed E-state index contributed by atoms with van der Waals surface area (Å²) in [5, 5.41) is 13.7.